The van der Waals surface area contributed by atoms with Crippen LogP contribution in [0.2, 0.25) is 10.0 Å². The van der Waals surface area contributed by atoms with Gasteiger partial charge in [-0.15, -0.1) is 0 Å². The first-order valence-electron chi connectivity index (χ1n) is 12.9. The Balaban J connectivity index is 0.000000753. The third-order valence-electron chi connectivity index (χ3n) is 6.17. The summed E-state index contributed by atoms with van der Waals surface area (Å²) in [4.78, 5) is 15.9. The standard InChI is InChI=1S/C23H30Cl2N6O3.C4H8O/c1-5-27-23(26-2)30-16-7-6-15(19-20(24)17(32-3)14-18(33-4)21(19)25)29-22(16)28-8-9-31-10-12-34-13-11-31;1-2-4-5-3-1/h5-6,14H,1,7-13H2,2-4H3,(H,26,27)(H,28,29);1-4H2/b30-16+;. The van der Waals surface area contributed by atoms with Crippen molar-refractivity contribution in [2.75, 3.05) is 73.9 Å². The third-order valence-corrected chi connectivity index (χ3v) is 6.92. The van der Waals surface area contributed by atoms with Gasteiger partial charge < -0.3 is 29.6 Å². The van der Waals surface area contributed by atoms with Gasteiger partial charge in [0.05, 0.1) is 49.7 Å². The van der Waals surface area contributed by atoms with E-state index in [0.29, 0.717) is 57.6 Å². The number of allylic oxidation sites excluding steroid dienone is 1. The summed E-state index contributed by atoms with van der Waals surface area (Å²) in [6, 6.07) is 1.66. The number of nitrogens with one attached hydrogen (secondary N) is 2. The number of methoxy groups -OCH3 is 2. The molecule has 2 N–H and O–H groups in total. The van der Waals surface area contributed by atoms with Gasteiger partial charge in [-0.2, -0.15) is 0 Å². The second-order valence-electron chi connectivity index (χ2n) is 8.69. The lowest BCUT2D eigenvalue weighted by Gasteiger charge is -2.26. The Bertz CT molecular complexity index is 1060. The van der Waals surface area contributed by atoms with Crippen LogP contribution in [-0.4, -0.2) is 96.3 Å². The van der Waals surface area contributed by atoms with Crippen molar-refractivity contribution in [2.24, 2.45) is 15.0 Å². The van der Waals surface area contributed by atoms with E-state index in [9.17, 15) is 0 Å². The Labute approximate surface area is 240 Å². The lowest BCUT2D eigenvalue weighted by molar-refractivity contribution is 0.0394. The van der Waals surface area contributed by atoms with Crippen molar-refractivity contribution >= 4 is 46.4 Å². The monoisotopic (exact) mass is 580 g/mol. The molecule has 1 aromatic carbocycles. The number of morpholine rings is 1. The SMILES string of the molecule is C1CCOC1.C=CNC(=NC)/N=C1\CC=C(c2c(Cl)c(OC)cc(OC)c2Cl)NC1=NCCN1CCOCC1. The van der Waals surface area contributed by atoms with Gasteiger partial charge in [-0.05, 0) is 19.0 Å². The quantitative estimate of drug-likeness (QED) is 0.371. The molecule has 0 bridgehead atoms. The number of benzene rings is 1. The molecule has 2 saturated heterocycles. The van der Waals surface area contributed by atoms with E-state index in [0.717, 1.165) is 51.8 Å². The summed E-state index contributed by atoms with van der Waals surface area (Å²) >= 11 is 13.3. The Kier molecular flexibility index (Phi) is 13.1. The predicted molar refractivity (Wildman–Crippen MR) is 159 cm³/mol. The summed E-state index contributed by atoms with van der Waals surface area (Å²) in [7, 11) is 4.75. The molecular weight excluding hydrogens is 543 g/mol. The molecule has 0 atom stereocenters. The Morgan fingerprint density at radius 3 is 2.28 bits per heavy atom. The fourth-order valence-corrected chi connectivity index (χ4v) is 4.77. The summed E-state index contributed by atoms with van der Waals surface area (Å²) in [6.07, 6.45) is 6.52. The van der Waals surface area contributed by atoms with Gasteiger partial charge in [-0.1, -0.05) is 35.9 Å². The molecule has 12 heteroatoms. The Morgan fingerprint density at radius 1 is 1.10 bits per heavy atom. The zero-order chi connectivity index (χ0) is 28.0. The van der Waals surface area contributed by atoms with E-state index >= 15 is 0 Å². The molecule has 0 amide bonds. The second kappa shape index (κ2) is 16.5. The highest BCUT2D eigenvalue weighted by molar-refractivity contribution is 6.46. The number of nitrogens with zero attached hydrogens (tertiary/aromatic N) is 4. The van der Waals surface area contributed by atoms with Crippen LogP contribution in [0.5, 0.6) is 11.5 Å². The van der Waals surface area contributed by atoms with Crippen molar-refractivity contribution in [2.45, 2.75) is 19.3 Å². The zero-order valence-electron chi connectivity index (χ0n) is 22.9. The summed E-state index contributed by atoms with van der Waals surface area (Å²) in [5.41, 5.74) is 2.00. The predicted octanol–water partition coefficient (Wildman–Crippen LogP) is 4.03. The topological polar surface area (TPSA) is 101 Å². The van der Waals surface area contributed by atoms with E-state index in [4.69, 9.17) is 47.1 Å². The number of ether oxygens (including phenoxy) is 4. The van der Waals surface area contributed by atoms with Crippen LogP contribution >= 0.6 is 23.2 Å². The van der Waals surface area contributed by atoms with Crippen molar-refractivity contribution in [3.63, 3.8) is 0 Å². The highest BCUT2D eigenvalue weighted by Gasteiger charge is 2.25. The summed E-state index contributed by atoms with van der Waals surface area (Å²) < 4.78 is 21.2. The third kappa shape index (κ3) is 8.94. The molecule has 0 spiro atoms. The van der Waals surface area contributed by atoms with Crippen LogP contribution in [0.25, 0.3) is 5.70 Å². The van der Waals surface area contributed by atoms with Crippen LogP contribution in [-0.2, 0) is 9.47 Å². The van der Waals surface area contributed by atoms with E-state index in [2.05, 4.69) is 32.1 Å². The molecule has 3 aliphatic rings. The van der Waals surface area contributed by atoms with Crippen LogP contribution in [0, 0.1) is 0 Å². The Hall–Kier alpha value is -2.63. The molecule has 10 nitrogen and oxygen atoms in total. The maximum absolute atomic E-state index is 6.64. The smallest absolute Gasteiger partial charge is 0.222 e. The molecule has 3 aliphatic heterocycles. The highest BCUT2D eigenvalue weighted by atomic mass is 35.5. The Morgan fingerprint density at radius 2 is 1.74 bits per heavy atom. The van der Waals surface area contributed by atoms with Crippen LogP contribution in [0.4, 0.5) is 0 Å². The number of halogens is 2. The van der Waals surface area contributed by atoms with Gasteiger partial charge in [-0.25, -0.2) is 4.99 Å². The highest BCUT2D eigenvalue weighted by Crippen LogP contribution is 2.43. The van der Waals surface area contributed by atoms with Crippen LogP contribution in [0.15, 0.2) is 39.9 Å². The van der Waals surface area contributed by atoms with Gasteiger partial charge in [0.25, 0.3) is 0 Å². The molecular formula is C27H38Cl2N6O4. The number of amidine groups is 1. The van der Waals surface area contributed by atoms with Gasteiger partial charge in [0.2, 0.25) is 5.96 Å². The second-order valence-corrected chi connectivity index (χ2v) is 9.44. The summed E-state index contributed by atoms with van der Waals surface area (Å²) in [5, 5.41) is 7.04. The minimum atomic E-state index is 0.379. The van der Waals surface area contributed by atoms with E-state index in [-0.39, 0.29) is 0 Å². The van der Waals surface area contributed by atoms with Gasteiger partial charge >= 0.3 is 0 Å². The molecule has 0 radical (unpaired) electrons. The fraction of sp³-hybridized carbons (Fsp3) is 0.519. The minimum Gasteiger partial charge on any atom is -0.495 e. The normalized spacial score (nSPS) is 20.1. The van der Waals surface area contributed by atoms with E-state index in [1.807, 2.05) is 6.08 Å². The van der Waals surface area contributed by atoms with Gasteiger partial charge in [-0.3, -0.25) is 14.9 Å². The molecule has 0 saturated carbocycles. The number of rotatable bonds is 7. The number of aliphatic imine (C=N–C) groups is 3. The number of hydrogen-bond donors (Lipinski definition) is 2. The lowest BCUT2D eigenvalue weighted by atomic mass is 10.0. The van der Waals surface area contributed by atoms with Crippen molar-refractivity contribution in [1.29, 1.82) is 0 Å². The van der Waals surface area contributed by atoms with Gasteiger partial charge in [0.1, 0.15) is 17.3 Å². The van der Waals surface area contributed by atoms with Crippen molar-refractivity contribution < 1.29 is 18.9 Å². The average molecular weight is 582 g/mol. The molecule has 0 unspecified atom stereocenters. The first-order valence-corrected chi connectivity index (χ1v) is 13.7. The minimum absolute atomic E-state index is 0.379. The first-order chi connectivity index (χ1) is 19.0. The molecule has 214 valence electrons. The first kappa shape index (κ1) is 30.9. The molecule has 1 aromatic rings. The maximum Gasteiger partial charge on any atom is 0.222 e. The van der Waals surface area contributed by atoms with Gasteiger partial charge in [0.15, 0.2) is 0 Å². The lowest BCUT2D eigenvalue weighted by Crippen LogP contribution is -2.39. The number of guanidine groups is 1. The maximum atomic E-state index is 6.64. The van der Waals surface area contributed by atoms with E-state index in [1.165, 1.54) is 19.0 Å². The molecule has 0 aliphatic carbocycles. The van der Waals surface area contributed by atoms with Crippen molar-refractivity contribution in [3.05, 3.63) is 40.5 Å². The summed E-state index contributed by atoms with van der Waals surface area (Å²) in [5.74, 6) is 1.97. The van der Waals surface area contributed by atoms with Crippen LogP contribution in [0.1, 0.15) is 24.8 Å². The van der Waals surface area contributed by atoms with E-state index < -0.39 is 0 Å². The number of hydrogen-bond acceptors (Lipinski definition) is 7. The average Bonchev–Trinajstić information content (AvgIpc) is 3.55. The fourth-order valence-electron chi connectivity index (χ4n) is 4.07. The van der Waals surface area contributed by atoms with Crippen LogP contribution < -0.4 is 20.1 Å². The van der Waals surface area contributed by atoms with Crippen molar-refractivity contribution in [3.8, 4) is 11.5 Å². The zero-order valence-corrected chi connectivity index (χ0v) is 24.4. The van der Waals surface area contributed by atoms with Gasteiger partial charge in [0, 0.05) is 63.6 Å². The largest absolute Gasteiger partial charge is 0.495 e. The van der Waals surface area contributed by atoms with Crippen molar-refractivity contribution in [1.82, 2.24) is 15.5 Å². The molecule has 0 aromatic heterocycles. The summed E-state index contributed by atoms with van der Waals surface area (Å²) in [6.45, 7) is 10.4. The molecule has 2 fully saturated rings. The molecule has 4 rings (SSSR count). The molecule has 39 heavy (non-hydrogen) atoms. The molecule has 3 heterocycles. The van der Waals surface area contributed by atoms with E-state index in [1.54, 1.807) is 27.3 Å². The van der Waals surface area contributed by atoms with Crippen LogP contribution in [0.3, 0.4) is 0 Å².